The second-order valence-corrected chi connectivity index (χ2v) is 7.02. The largest absolute Gasteiger partial charge is 0.255 e. The van der Waals surface area contributed by atoms with E-state index in [1.165, 1.54) is 0 Å². The molecule has 0 aromatic carbocycles. The summed E-state index contributed by atoms with van der Waals surface area (Å²) in [6.45, 7) is 6.42. The standard InChI is InChI=1S/C9H13ClNP/c1-9(2,3)12(10)8-6-4-5-7-11-8/h4-7H,1-3H3. The van der Waals surface area contributed by atoms with Gasteiger partial charge in [0.25, 0.3) is 0 Å². The Kier molecular flexibility index (Phi) is 3.09. The molecule has 12 heavy (non-hydrogen) atoms. The minimum Gasteiger partial charge on any atom is -0.255 e. The molecule has 0 saturated heterocycles. The highest BCUT2D eigenvalue weighted by atomic mass is 35.7. The Labute approximate surface area is 79.7 Å². The fraction of sp³-hybridized carbons (Fsp3) is 0.444. The van der Waals surface area contributed by atoms with E-state index >= 15 is 0 Å². The van der Waals surface area contributed by atoms with Crippen molar-refractivity contribution in [2.45, 2.75) is 25.9 Å². The molecule has 1 atom stereocenters. The van der Waals surface area contributed by atoms with Crippen LogP contribution in [-0.2, 0) is 0 Å². The van der Waals surface area contributed by atoms with Crippen molar-refractivity contribution in [1.29, 1.82) is 0 Å². The van der Waals surface area contributed by atoms with Gasteiger partial charge in [0.15, 0.2) is 0 Å². The van der Waals surface area contributed by atoms with Crippen molar-refractivity contribution in [3.63, 3.8) is 0 Å². The van der Waals surface area contributed by atoms with Gasteiger partial charge < -0.3 is 0 Å². The third-order valence-corrected chi connectivity index (χ3v) is 5.32. The van der Waals surface area contributed by atoms with Crippen LogP contribution in [0.1, 0.15) is 20.8 Å². The van der Waals surface area contributed by atoms with Gasteiger partial charge in [-0.3, -0.25) is 4.98 Å². The Morgan fingerprint density at radius 2 is 2.00 bits per heavy atom. The minimum absolute atomic E-state index is 0.130. The Morgan fingerprint density at radius 3 is 2.42 bits per heavy atom. The van der Waals surface area contributed by atoms with Crippen molar-refractivity contribution in [3.05, 3.63) is 24.4 Å². The Balaban J connectivity index is 2.86. The van der Waals surface area contributed by atoms with Gasteiger partial charge in [0.1, 0.15) is 0 Å². The van der Waals surface area contributed by atoms with Gasteiger partial charge in [0, 0.05) is 18.6 Å². The molecule has 1 aromatic heterocycles. The van der Waals surface area contributed by atoms with Crippen molar-refractivity contribution < 1.29 is 0 Å². The van der Waals surface area contributed by atoms with Crippen LogP contribution >= 0.6 is 18.5 Å². The van der Waals surface area contributed by atoms with Gasteiger partial charge in [-0.1, -0.05) is 38.1 Å². The first-order valence-electron chi connectivity index (χ1n) is 3.89. The molecule has 0 amide bonds. The normalized spacial score (nSPS) is 14.3. The summed E-state index contributed by atoms with van der Waals surface area (Å²) in [5.74, 6) is 0. The highest BCUT2D eigenvalue weighted by molar-refractivity contribution is 7.90. The fourth-order valence-corrected chi connectivity index (χ4v) is 2.19. The summed E-state index contributed by atoms with van der Waals surface area (Å²) in [4.78, 5) is 4.24. The molecule has 0 spiro atoms. The predicted molar refractivity (Wildman–Crippen MR) is 56.4 cm³/mol. The molecule has 0 bridgehead atoms. The van der Waals surface area contributed by atoms with Crippen LogP contribution in [0.2, 0.25) is 0 Å². The summed E-state index contributed by atoms with van der Waals surface area (Å²) in [7, 11) is -0.656. The first kappa shape index (κ1) is 9.95. The number of hydrogen-bond donors (Lipinski definition) is 0. The van der Waals surface area contributed by atoms with Crippen molar-refractivity contribution in [3.8, 4) is 0 Å². The van der Waals surface area contributed by atoms with Crippen LogP contribution in [0.25, 0.3) is 0 Å². The molecule has 1 heterocycles. The second-order valence-electron chi connectivity index (χ2n) is 3.64. The number of halogens is 1. The van der Waals surface area contributed by atoms with Gasteiger partial charge in [0.2, 0.25) is 0 Å². The molecule has 1 rings (SSSR count). The summed E-state index contributed by atoms with van der Waals surface area (Å²) in [5.41, 5.74) is 1.02. The summed E-state index contributed by atoms with van der Waals surface area (Å²) >= 11 is 6.28. The van der Waals surface area contributed by atoms with Crippen LogP contribution in [0.15, 0.2) is 24.4 Å². The molecule has 1 nitrogen and oxygen atoms in total. The maximum absolute atomic E-state index is 6.28. The first-order chi connectivity index (χ1) is 5.52. The molecule has 0 radical (unpaired) electrons. The summed E-state index contributed by atoms with van der Waals surface area (Å²) in [6.07, 6.45) is 1.79. The van der Waals surface area contributed by atoms with Crippen LogP contribution in [0, 0.1) is 0 Å². The lowest BCUT2D eigenvalue weighted by Crippen LogP contribution is -2.17. The lowest BCUT2D eigenvalue weighted by Gasteiger charge is -2.24. The van der Waals surface area contributed by atoms with E-state index in [9.17, 15) is 0 Å². The van der Waals surface area contributed by atoms with Crippen LogP contribution in [0.4, 0.5) is 0 Å². The zero-order valence-electron chi connectivity index (χ0n) is 7.58. The SMILES string of the molecule is CC(C)(C)P(Cl)c1ccccn1. The van der Waals surface area contributed by atoms with Crippen molar-refractivity contribution in [2.75, 3.05) is 0 Å². The van der Waals surface area contributed by atoms with Crippen LogP contribution in [0.3, 0.4) is 0 Å². The number of pyridine rings is 1. The van der Waals surface area contributed by atoms with Gasteiger partial charge in [-0.2, -0.15) is 0 Å². The third-order valence-electron chi connectivity index (χ3n) is 1.44. The smallest absolute Gasteiger partial charge is 0.0792 e. The molecule has 0 aliphatic heterocycles. The minimum atomic E-state index is -0.656. The fourth-order valence-electron chi connectivity index (χ4n) is 0.814. The monoisotopic (exact) mass is 201 g/mol. The Morgan fingerprint density at radius 1 is 1.33 bits per heavy atom. The second kappa shape index (κ2) is 3.72. The van der Waals surface area contributed by atoms with Crippen LogP contribution in [0.5, 0.6) is 0 Å². The average molecular weight is 202 g/mol. The molecule has 3 heteroatoms. The number of hydrogen-bond acceptors (Lipinski definition) is 1. The zero-order chi connectivity index (χ0) is 9.19. The maximum Gasteiger partial charge on any atom is 0.0792 e. The topological polar surface area (TPSA) is 12.9 Å². The van der Waals surface area contributed by atoms with E-state index in [1.807, 2.05) is 18.2 Å². The molecule has 1 unspecified atom stereocenters. The van der Waals surface area contributed by atoms with Gasteiger partial charge in [-0.05, 0) is 12.1 Å². The molecule has 0 fully saturated rings. The van der Waals surface area contributed by atoms with Gasteiger partial charge in [0.05, 0.1) is 5.44 Å². The molecular weight excluding hydrogens is 189 g/mol. The molecule has 0 N–H and O–H groups in total. The predicted octanol–water partition coefficient (Wildman–Crippen LogP) is 3.14. The van der Waals surface area contributed by atoms with E-state index in [4.69, 9.17) is 11.2 Å². The van der Waals surface area contributed by atoms with Gasteiger partial charge in [-0.25, -0.2) is 0 Å². The lowest BCUT2D eigenvalue weighted by atomic mass is 10.3. The van der Waals surface area contributed by atoms with Crippen LogP contribution in [-0.4, -0.2) is 10.1 Å². The first-order valence-corrected chi connectivity index (χ1v) is 6.13. The van der Waals surface area contributed by atoms with E-state index in [-0.39, 0.29) is 5.16 Å². The molecular formula is C9H13ClNP. The molecule has 1 aromatic rings. The summed E-state index contributed by atoms with van der Waals surface area (Å²) < 4.78 is 0. The Bertz CT molecular complexity index is 242. The maximum atomic E-state index is 6.28. The number of aromatic nitrogens is 1. The van der Waals surface area contributed by atoms with Crippen molar-refractivity contribution in [1.82, 2.24) is 4.98 Å². The summed E-state index contributed by atoms with van der Waals surface area (Å²) in [5, 5.41) is 0.130. The molecule has 0 saturated carbocycles. The van der Waals surface area contributed by atoms with E-state index < -0.39 is 7.27 Å². The average Bonchev–Trinajstić information content (AvgIpc) is 2.03. The van der Waals surface area contributed by atoms with Gasteiger partial charge >= 0.3 is 0 Å². The van der Waals surface area contributed by atoms with Gasteiger partial charge in [-0.15, -0.1) is 0 Å². The summed E-state index contributed by atoms with van der Waals surface area (Å²) in [6, 6.07) is 5.88. The van der Waals surface area contributed by atoms with E-state index in [2.05, 4.69) is 25.8 Å². The number of nitrogens with zero attached hydrogens (tertiary/aromatic N) is 1. The van der Waals surface area contributed by atoms with Crippen molar-refractivity contribution in [2.24, 2.45) is 0 Å². The van der Waals surface area contributed by atoms with E-state index in [1.54, 1.807) is 6.20 Å². The quantitative estimate of drug-likeness (QED) is 0.637. The highest BCUT2D eigenvalue weighted by Gasteiger charge is 2.24. The molecule has 0 aliphatic carbocycles. The lowest BCUT2D eigenvalue weighted by molar-refractivity contribution is 0.795. The Hall–Kier alpha value is -0.130. The van der Waals surface area contributed by atoms with Crippen LogP contribution < -0.4 is 5.44 Å². The number of rotatable bonds is 1. The van der Waals surface area contributed by atoms with Crippen molar-refractivity contribution >= 4 is 24.0 Å². The zero-order valence-corrected chi connectivity index (χ0v) is 9.23. The van der Waals surface area contributed by atoms with E-state index in [0.29, 0.717) is 0 Å². The molecule has 0 aliphatic rings. The third kappa shape index (κ3) is 2.43. The highest BCUT2D eigenvalue weighted by Crippen LogP contribution is 2.51. The molecule has 66 valence electrons. The van der Waals surface area contributed by atoms with E-state index in [0.717, 1.165) is 5.44 Å².